The maximum absolute atomic E-state index is 12.3. The molecule has 0 saturated carbocycles. The van der Waals surface area contributed by atoms with Crippen LogP contribution in [0.5, 0.6) is 0 Å². The predicted octanol–water partition coefficient (Wildman–Crippen LogP) is 1.79. The van der Waals surface area contributed by atoms with E-state index < -0.39 is 15.7 Å². The molecule has 7 nitrogen and oxygen atoms in total. The summed E-state index contributed by atoms with van der Waals surface area (Å²) in [5, 5.41) is 6.68. The van der Waals surface area contributed by atoms with Gasteiger partial charge in [-0.05, 0) is 6.07 Å². The quantitative estimate of drug-likeness (QED) is 0.554. The summed E-state index contributed by atoms with van der Waals surface area (Å²) in [5.74, 6) is -0.630. The third-order valence-corrected chi connectivity index (χ3v) is 4.92. The Morgan fingerprint density at radius 2 is 2.17 bits per heavy atom. The van der Waals surface area contributed by atoms with Crippen LogP contribution in [-0.2, 0) is 9.84 Å². The predicted molar refractivity (Wildman–Crippen MR) is 88.6 cm³/mol. The highest BCUT2D eigenvalue weighted by Gasteiger charge is 2.24. The van der Waals surface area contributed by atoms with Crippen LogP contribution in [0.3, 0.4) is 0 Å². The van der Waals surface area contributed by atoms with Crippen LogP contribution in [0.2, 0.25) is 0 Å². The van der Waals surface area contributed by atoms with Gasteiger partial charge in [0.2, 0.25) is 0 Å². The minimum Gasteiger partial charge on any atom is -0.349 e. The van der Waals surface area contributed by atoms with Crippen molar-refractivity contribution in [2.75, 3.05) is 6.26 Å². The molecule has 9 heteroatoms. The summed E-state index contributed by atoms with van der Waals surface area (Å²) in [6.07, 6.45) is 4.08. The van der Waals surface area contributed by atoms with Crippen LogP contribution in [0.4, 0.5) is 0 Å². The number of sulfone groups is 1. The third kappa shape index (κ3) is 3.15. The smallest absolute Gasteiger partial charge is 0.289 e. The fourth-order valence-electron chi connectivity index (χ4n) is 2.16. The first-order chi connectivity index (χ1) is 11.0. The molecule has 3 rings (SSSR count). The second-order valence-electron chi connectivity index (χ2n) is 4.72. The number of hydrazone groups is 1. The van der Waals surface area contributed by atoms with Crippen LogP contribution < -0.4 is 5.43 Å². The molecule has 118 valence electrons. The molecule has 3 aromatic rings. The van der Waals surface area contributed by atoms with Crippen LogP contribution in [0, 0.1) is 0 Å². The molecular weight excluding hydrogens is 336 g/mol. The summed E-state index contributed by atoms with van der Waals surface area (Å²) >= 11 is 1.37. The van der Waals surface area contributed by atoms with Crippen molar-refractivity contribution in [3.63, 3.8) is 0 Å². The van der Waals surface area contributed by atoms with Gasteiger partial charge in [0.25, 0.3) is 5.91 Å². The van der Waals surface area contributed by atoms with Gasteiger partial charge in [-0.3, -0.25) is 4.79 Å². The molecule has 2 aromatic heterocycles. The van der Waals surface area contributed by atoms with E-state index >= 15 is 0 Å². The fourth-order valence-corrected chi connectivity index (χ4v) is 3.75. The molecule has 0 spiro atoms. The summed E-state index contributed by atoms with van der Waals surface area (Å²) in [7, 11) is -3.58. The number of nitrogens with one attached hydrogen (secondary N) is 2. The van der Waals surface area contributed by atoms with Crippen LogP contribution in [0.25, 0.3) is 10.9 Å². The molecular formula is C14H12N4O3S2. The summed E-state index contributed by atoms with van der Waals surface area (Å²) in [6.45, 7) is 0. The average Bonchev–Trinajstić information content (AvgIpc) is 3.13. The van der Waals surface area contributed by atoms with E-state index in [1.807, 2.05) is 0 Å². The van der Waals surface area contributed by atoms with Crippen LogP contribution >= 0.6 is 11.3 Å². The van der Waals surface area contributed by atoms with Gasteiger partial charge in [-0.1, -0.05) is 18.2 Å². The number of benzene rings is 1. The maximum atomic E-state index is 12.3. The first kappa shape index (κ1) is 15.4. The lowest BCUT2D eigenvalue weighted by Crippen LogP contribution is -2.20. The van der Waals surface area contributed by atoms with Crippen LogP contribution in [-0.4, -0.2) is 36.8 Å². The van der Waals surface area contributed by atoms with Crippen LogP contribution in [0.1, 0.15) is 15.5 Å². The number of aromatic amines is 1. The minimum atomic E-state index is -3.58. The average molecular weight is 348 g/mol. The molecule has 0 unspecified atom stereocenters. The zero-order valence-electron chi connectivity index (χ0n) is 12.0. The van der Waals surface area contributed by atoms with Crippen molar-refractivity contribution in [1.29, 1.82) is 0 Å². The monoisotopic (exact) mass is 348 g/mol. The van der Waals surface area contributed by atoms with Gasteiger partial charge in [0.1, 0.15) is 15.6 Å². The molecule has 23 heavy (non-hydrogen) atoms. The van der Waals surface area contributed by atoms with Gasteiger partial charge in [0.15, 0.2) is 9.84 Å². The first-order valence-corrected chi connectivity index (χ1v) is 9.27. The number of rotatable bonds is 4. The molecule has 0 atom stereocenters. The third-order valence-electron chi connectivity index (χ3n) is 3.05. The number of carbonyl (C=O) groups excluding carboxylic acids is 1. The van der Waals surface area contributed by atoms with Gasteiger partial charge < -0.3 is 4.98 Å². The summed E-state index contributed by atoms with van der Waals surface area (Å²) < 4.78 is 24.1. The number of hydrogen-bond acceptors (Lipinski definition) is 6. The standard InChI is InChI=1S/C14H12N4O3S2/c1-23(20,21)13-9-4-2-3-5-10(9)17-12(13)14(19)18-16-8-11-15-6-7-22-11/h2-8,17H,1H3,(H,18,19)/b16-8+. The van der Waals surface area contributed by atoms with Crippen molar-refractivity contribution in [3.8, 4) is 0 Å². The Morgan fingerprint density at radius 3 is 2.87 bits per heavy atom. The second kappa shape index (κ2) is 5.94. The first-order valence-electron chi connectivity index (χ1n) is 6.50. The van der Waals surface area contributed by atoms with Gasteiger partial charge in [-0.2, -0.15) is 5.10 Å². The van der Waals surface area contributed by atoms with Crippen molar-refractivity contribution in [3.05, 3.63) is 46.5 Å². The number of carbonyl (C=O) groups is 1. The van der Waals surface area contributed by atoms with E-state index in [4.69, 9.17) is 0 Å². The highest BCUT2D eigenvalue weighted by atomic mass is 32.2. The van der Waals surface area contributed by atoms with Crippen molar-refractivity contribution < 1.29 is 13.2 Å². The lowest BCUT2D eigenvalue weighted by molar-refractivity contribution is 0.0947. The van der Waals surface area contributed by atoms with Gasteiger partial charge in [-0.25, -0.2) is 18.8 Å². The van der Waals surface area contributed by atoms with E-state index in [1.165, 1.54) is 17.6 Å². The summed E-state index contributed by atoms with van der Waals surface area (Å²) in [4.78, 5) is 19.1. The molecule has 1 aromatic carbocycles. The summed E-state index contributed by atoms with van der Waals surface area (Å²) in [5.41, 5.74) is 2.85. The Balaban J connectivity index is 1.97. The molecule has 0 saturated heterocycles. The van der Waals surface area contributed by atoms with Gasteiger partial charge >= 0.3 is 0 Å². The number of aromatic nitrogens is 2. The number of fused-ring (bicyclic) bond motifs is 1. The molecule has 0 radical (unpaired) electrons. The zero-order valence-corrected chi connectivity index (χ0v) is 13.6. The van der Waals surface area contributed by atoms with Crippen molar-refractivity contribution >= 4 is 44.2 Å². The topological polar surface area (TPSA) is 104 Å². The normalized spacial score (nSPS) is 12.0. The van der Waals surface area contributed by atoms with E-state index in [0.717, 1.165) is 6.26 Å². The number of amides is 1. The Hall–Kier alpha value is -2.52. The zero-order chi connectivity index (χ0) is 16.4. The number of H-pyrrole nitrogens is 1. The SMILES string of the molecule is CS(=O)(=O)c1c(C(=O)N/N=C/c2nccs2)[nH]c2ccccc12. The Bertz CT molecular complexity index is 988. The molecule has 2 N–H and O–H groups in total. The highest BCUT2D eigenvalue weighted by molar-refractivity contribution is 7.91. The van der Waals surface area contributed by atoms with Crippen molar-refractivity contribution in [2.24, 2.45) is 5.10 Å². The van der Waals surface area contributed by atoms with Gasteiger partial charge in [0.05, 0.1) is 6.21 Å². The fraction of sp³-hybridized carbons (Fsp3) is 0.0714. The minimum absolute atomic E-state index is 0.0324. The van der Waals surface area contributed by atoms with E-state index in [0.29, 0.717) is 15.9 Å². The molecule has 0 aliphatic carbocycles. The van der Waals surface area contributed by atoms with E-state index in [1.54, 1.807) is 35.8 Å². The largest absolute Gasteiger partial charge is 0.349 e. The Morgan fingerprint density at radius 1 is 1.39 bits per heavy atom. The molecule has 0 bridgehead atoms. The molecule has 0 fully saturated rings. The molecule has 0 aliphatic heterocycles. The number of nitrogens with zero attached hydrogens (tertiary/aromatic N) is 2. The lowest BCUT2D eigenvalue weighted by Gasteiger charge is -2.01. The number of para-hydroxylation sites is 1. The molecule has 2 heterocycles. The molecule has 1 amide bonds. The Labute approximate surface area is 136 Å². The summed E-state index contributed by atoms with van der Waals surface area (Å²) in [6, 6.07) is 6.83. The van der Waals surface area contributed by atoms with Gasteiger partial charge in [-0.15, -0.1) is 11.3 Å². The maximum Gasteiger partial charge on any atom is 0.289 e. The van der Waals surface area contributed by atoms with Crippen molar-refractivity contribution in [1.82, 2.24) is 15.4 Å². The van der Waals surface area contributed by atoms with E-state index in [-0.39, 0.29) is 10.6 Å². The number of thiazole rings is 1. The van der Waals surface area contributed by atoms with E-state index in [2.05, 4.69) is 20.5 Å². The Kier molecular flexibility index (Phi) is 3.97. The highest BCUT2D eigenvalue weighted by Crippen LogP contribution is 2.26. The lowest BCUT2D eigenvalue weighted by atomic mass is 10.2. The molecule has 0 aliphatic rings. The number of hydrogen-bond donors (Lipinski definition) is 2. The van der Waals surface area contributed by atoms with Crippen molar-refractivity contribution in [2.45, 2.75) is 4.90 Å². The second-order valence-corrected chi connectivity index (χ2v) is 7.60. The van der Waals surface area contributed by atoms with Crippen LogP contribution in [0.15, 0.2) is 45.8 Å². The van der Waals surface area contributed by atoms with E-state index in [9.17, 15) is 13.2 Å². The van der Waals surface area contributed by atoms with Gasteiger partial charge in [0, 0.05) is 28.7 Å².